The molecule has 2 fully saturated rings. The molecule has 4 rings (SSSR count). The number of fused-ring (bicyclic) bond motifs is 2. The lowest BCUT2D eigenvalue weighted by molar-refractivity contribution is 0.0829. The maximum Gasteiger partial charge on any atom is 0.270 e. The Kier molecular flexibility index (Phi) is 4.69. The van der Waals surface area contributed by atoms with E-state index >= 15 is 0 Å². The SMILES string of the molecule is Cc1cccc(C(=O)NC23CCCC(NC(=O)c4cccc(C)n4)(CC2)C3)c1. The molecule has 28 heavy (non-hydrogen) atoms. The fourth-order valence-corrected chi connectivity index (χ4v) is 4.91. The van der Waals surface area contributed by atoms with E-state index in [1.165, 1.54) is 0 Å². The van der Waals surface area contributed by atoms with Crippen molar-refractivity contribution in [2.45, 2.75) is 63.5 Å². The average molecular weight is 377 g/mol. The van der Waals surface area contributed by atoms with E-state index in [9.17, 15) is 9.59 Å². The van der Waals surface area contributed by atoms with Crippen molar-refractivity contribution in [2.75, 3.05) is 0 Å². The van der Waals surface area contributed by atoms with Gasteiger partial charge in [-0.1, -0.05) is 23.8 Å². The van der Waals surface area contributed by atoms with Gasteiger partial charge in [0.25, 0.3) is 11.8 Å². The van der Waals surface area contributed by atoms with Gasteiger partial charge in [-0.3, -0.25) is 9.59 Å². The van der Waals surface area contributed by atoms with E-state index in [0.29, 0.717) is 11.3 Å². The van der Waals surface area contributed by atoms with E-state index in [4.69, 9.17) is 0 Å². The van der Waals surface area contributed by atoms with Crippen molar-refractivity contribution in [3.05, 3.63) is 65.0 Å². The molecule has 2 saturated carbocycles. The second-order valence-electron chi connectivity index (χ2n) is 8.53. The molecule has 0 aliphatic heterocycles. The molecule has 0 radical (unpaired) electrons. The van der Waals surface area contributed by atoms with Crippen molar-refractivity contribution in [1.82, 2.24) is 15.6 Å². The highest BCUT2D eigenvalue weighted by Gasteiger charge is 2.52. The van der Waals surface area contributed by atoms with Crippen molar-refractivity contribution < 1.29 is 9.59 Å². The molecule has 1 aromatic heterocycles. The van der Waals surface area contributed by atoms with E-state index in [0.717, 1.165) is 49.8 Å². The Balaban J connectivity index is 1.48. The van der Waals surface area contributed by atoms with Gasteiger partial charge in [-0.2, -0.15) is 0 Å². The first-order valence-electron chi connectivity index (χ1n) is 10.0. The third-order valence-electron chi connectivity index (χ3n) is 6.23. The van der Waals surface area contributed by atoms with Crippen LogP contribution in [0.4, 0.5) is 0 Å². The fourth-order valence-electron chi connectivity index (χ4n) is 4.91. The van der Waals surface area contributed by atoms with Crippen molar-refractivity contribution in [3.63, 3.8) is 0 Å². The first-order valence-corrected chi connectivity index (χ1v) is 10.0. The molecule has 2 atom stereocenters. The lowest BCUT2D eigenvalue weighted by Gasteiger charge is -2.40. The lowest BCUT2D eigenvalue weighted by Crippen LogP contribution is -2.55. The van der Waals surface area contributed by atoms with Gasteiger partial charge in [-0.15, -0.1) is 0 Å². The Morgan fingerprint density at radius 3 is 2.25 bits per heavy atom. The van der Waals surface area contributed by atoms with Crippen LogP contribution in [-0.2, 0) is 0 Å². The number of amides is 2. The van der Waals surface area contributed by atoms with Gasteiger partial charge in [0.2, 0.25) is 0 Å². The van der Waals surface area contributed by atoms with Crippen LogP contribution in [-0.4, -0.2) is 27.9 Å². The highest BCUT2D eigenvalue weighted by Crippen LogP contribution is 2.48. The maximum absolute atomic E-state index is 12.8. The normalized spacial score (nSPS) is 25.9. The number of hydrogen-bond donors (Lipinski definition) is 2. The van der Waals surface area contributed by atoms with Crippen LogP contribution in [0.15, 0.2) is 42.5 Å². The molecule has 5 nitrogen and oxygen atoms in total. The zero-order chi connectivity index (χ0) is 19.8. The summed E-state index contributed by atoms with van der Waals surface area (Å²) in [5.74, 6) is -0.139. The lowest BCUT2D eigenvalue weighted by atomic mass is 9.78. The van der Waals surface area contributed by atoms with Crippen LogP contribution < -0.4 is 10.6 Å². The molecular formula is C23H27N3O2. The van der Waals surface area contributed by atoms with Crippen molar-refractivity contribution in [2.24, 2.45) is 0 Å². The Bertz CT molecular complexity index is 852. The van der Waals surface area contributed by atoms with E-state index in [1.807, 2.05) is 50.2 Å². The second kappa shape index (κ2) is 7.04. The molecule has 2 aromatic rings. The number of carbonyl (C=O) groups is 2. The molecule has 2 amide bonds. The minimum atomic E-state index is -0.249. The number of rotatable bonds is 4. The number of aromatic nitrogens is 1. The summed E-state index contributed by atoms with van der Waals surface area (Å²) in [6.45, 7) is 3.88. The number of nitrogens with one attached hydrogen (secondary N) is 2. The third kappa shape index (κ3) is 3.66. The van der Waals surface area contributed by atoms with Crippen LogP contribution in [0.5, 0.6) is 0 Å². The molecule has 0 spiro atoms. The van der Waals surface area contributed by atoms with Gasteiger partial charge in [0.05, 0.1) is 0 Å². The van der Waals surface area contributed by atoms with Gasteiger partial charge in [-0.05, 0) is 76.6 Å². The van der Waals surface area contributed by atoms with Gasteiger partial charge < -0.3 is 10.6 Å². The maximum atomic E-state index is 12.8. The highest BCUT2D eigenvalue weighted by atomic mass is 16.2. The smallest absolute Gasteiger partial charge is 0.270 e. The van der Waals surface area contributed by atoms with Crippen molar-refractivity contribution >= 4 is 11.8 Å². The molecule has 2 unspecified atom stereocenters. The molecule has 1 heterocycles. The summed E-state index contributed by atoms with van der Waals surface area (Å²) in [6, 6.07) is 13.2. The second-order valence-corrected chi connectivity index (χ2v) is 8.53. The summed E-state index contributed by atoms with van der Waals surface area (Å²) in [4.78, 5) is 29.9. The Labute approximate surface area is 165 Å². The van der Waals surface area contributed by atoms with Gasteiger partial charge in [0, 0.05) is 22.3 Å². The van der Waals surface area contributed by atoms with E-state index in [2.05, 4.69) is 15.6 Å². The first-order chi connectivity index (χ1) is 13.4. The number of benzene rings is 1. The molecule has 2 N–H and O–H groups in total. The number of pyridine rings is 1. The summed E-state index contributed by atoms with van der Waals surface area (Å²) >= 11 is 0. The zero-order valence-electron chi connectivity index (χ0n) is 16.5. The molecular weight excluding hydrogens is 350 g/mol. The van der Waals surface area contributed by atoms with Crippen LogP contribution in [0, 0.1) is 13.8 Å². The first kappa shape index (κ1) is 18.7. The Hall–Kier alpha value is -2.69. The standard InChI is InChI=1S/C23H27N3O2/c1-16-6-3-8-18(14-16)20(27)25-22-10-5-11-23(15-22,13-12-22)26-21(28)19-9-4-7-17(2)24-19/h3-4,6-9,14H,5,10-13,15H2,1-2H3,(H,25,27)(H,26,28). The quantitative estimate of drug-likeness (QED) is 0.853. The van der Waals surface area contributed by atoms with Gasteiger partial charge in [-0.25, -0.2) is 4.98 Å². The average Bonchev–Trinajstić information content (AvgIpc) is 2.91. The van der Waals surface area contributed by atoms with E-state index in [1.54, 1.807) is 6.07 Å². The zero-order valence-corrected chi connectivity index (χ0v) is 16.5. The summed E-state index contributed by atoms with van der Waals surface area (Å²) in [5, 5.41) is 6.57. The monoisotopic (exact) mass is 377 g/mol. The third-order valence-corrected chi connectivity index (χ3v) is 6.23. The predicted molar refractivity (Wildman–Crippen MR) is 108 cm³/mol. The van der Waals surface area contributed by atoms with Crippen LogP contribution in [0.3, 0.4) is 0 Å². The van der Waals surface area contributed by atoms with Crippen LogP contribution in [0.2, 0.25) is 0 Å². The summed E-state index contributed by atoms with van der Waals surface area (Å²) < 4.78 is 0. The summed E-state index contributed by atoms with van der Waals surface area (Å²) in [7, 11) is 0. The predicted octanol–water partition coefficient (Wildman–Crippen LogP) is 3.70. The van der Waals surface area contributed by atoms with Crippen molar-refractivity contribution in [3.8, 4) is 0 Å². The van der Waals surface area contributed by atoms with Gasteiger partial charge in [0.15, 0.2) is 0 Å². The van der Waals surface area contributed by atoms with E-state index < -0.39 is 0 Å². The topological polar surface area (TPSA) is 71.1 Å². The number of carbonyl (C=O) groups excluding carboxylic acids is 2. The minimum Gasteiger partial charge on any atom is -0.347 e. The molecule has 2 aliphatic rings. The molecule has 2 bridgehead atoms. The number of nitrogens with zero attached hydrogens (tertiary/aromatic N) is 1. The Morgan fingerprint density at radius 2 is 1.57 bits per heavy atom. The fraction of sp³-hybridized carbons (Fsp3) is 0.435. The molecule has 0 saturated heterocycles. The van der Waals surface area contributed by atoms with Gasteiger partial charge >= 0.3 is 0 Å². The molecule has 5 heteroatoms. The van der Waals surface area contributed by atoms with Crippen molar-refractivity contribution in [1.29, 1.82) is 0 Å². The molecule has 1 aromatic carbocycles. The van der Waals surface area contributed by atoms with E-state index in [-0.39, 0.29) is 22.9 Å². The summed E-state index contributed by atoms with van der Waals surface area (Å²) in [5.41, 5.74) is 2.59. The molecule has 146 valence electrons. The van der Waals surface area contributed by atoms with Gasteiger partial charge in [0.1, 0.15) is 5.69 Å². The highest BCUT2D eigenvalue weighted by molar-refractivity contribution is 5.95. The van der Waals surface area contributed by atoms with Crippen LogP contribution in [0.1, 0.15) is 70.6 Å². The largest absolute Gasteiger partial charge is 0.347 e. The number of aryl methyl sites for hydroxylation is 2. The minimum absolute atomic E-state index is 0.0203. The van der Waals surface area contributed by atoms with Crippen LogP contribution in [0.25, 0.3) is 0 Å². The molecule has 2 aliphatic carbocycles. The summed E-state index contributed by atoms with van der Waals surface area (Å²) in [6.07, 6.45) is 5.48. The number of hydrogen-bond acceptors (Lipinski definition) is 3. The Morgan fingerprint density at radius 1 is 0.893 bits per heavy atom. The van der Waals surface area contributed by atoms with Crippen LogP contribution >= 0.6 is 0 Å².